The fourth-order valence-corrected chi connectivity index (χ4v) is 0.817. The lowest BCUT2D eigenvalue weighted by Gasteiger charge is -1.90. The molecule has 0 aliphatic carbocycles. The molecule has 0 saturated heterocycles. The molecule has 0 radical (unpaired) electrons. The predicted octanol–water partition coefficient (Wildman–Crippen LogP) is -2.01. The average molecular weight is 178 g/mol. The van der Waals surface area contributed by atoms with Gasteiger partial charge in [-0.05, 0) is 12.1 Å². The first-order valence-electron chi connectivity index (χ1n) is 3.72. The Hall–Kier alpha value is -2.04. The summed E-state index contributed by atoms with van der Waals surface area (Å²) in [6.45, 7) is 0. The van der Waals surface area contributed by atoms with Crippen LogP contribution in [0.1, 0.15) is 0 Å². The highest BCUT2D eigenvalue weighted by molar-refractivity contribution is 5.79. The summed E-state index contributed by atoms with van der Waals surface area (Å²) in [6, 6.07) is 9.26. The number of hydrogen-bond donors (Lipinski definition) is 4. The zero-order valence-electron chi connectivity index (χ0n) is 7.07. The molecule has 0 amide bonds. The molecular formula is C8H12N5+. The van der Waals surface area contributed by atoms with E-state index in [1.54, 1.807) is 0 Å². The number of benzene rings is 1. The van der Waals surface area contributed by atoms with Crippen LogP contribution in [0, 0.1) is 0 Å². The molecule has 1 aromatic rings. The first-order chi connectivity index (χ1) is 6.18. The molecule has 0 heterocycles. The summed E-state index contributed by atoms with van der Waals surface area (Å²) < 4.78 is 0. The van der Waals surface area contributed by atoms with Crippen LogP contribution in [0.3, 0.4) is 0 Å². The summed E-state index contributed by atoms with van der Waals surface area (Å²) in [5.74, 6) is 0.198. The second-order valence-electron chi connectivity index (χ2n) is 2.41. The highest BCUT2D eigenvalue weighted by atomic mass is 15.1. The molecule has 13 heavy (non-hydrogen) atoms. The Labute approximate surface area is 76.0 Å². The largest absolute Gasteiger partial charge is 0.323 e. The highest BCUT2D eigenvalue weighted by Gasteiger charge is 1.94. The van der Waals surface area contributed by atoms with Gasteiger partial charge < -0.3 is 17.2 Å². The van der Waals surface area contributed by atoms with Crippen LogP contribution in [-0.2, 0) is 0 Å². The minimum absolute atomic E-state index is 0.0252. The van der Waals surface area contributed by atoms with E-state index in [0.29, 0.717) is 0 Å². The van der Waals surface area contributed by atoms with Crippen LogP contribution in [-0.4, -0.2) is 11.9 Å². The van der Waals surface area contributed by atoms with Gasteiger partial charge >= 0.3 is 5.96 Å². The first-order valence-corrected chi connectivity index (χ1v) is 3.72. The Kier molecular flexibility index (Phi) is 2.86. The van der Waals surface area contributed by atoms with E-state index < -0.39 is 0 Å². The molecule has 0 bridgehead atoms. The standard InChI is InChI=1S/C8H11N5/c9-7(10)13-8(11)12-6-4-2-1-3-5-6/h1-5H,(H6,9,10,11,12,13)/p+1. The smallest absolute Gasteiger partial charge is 0.316 e. The van der Waals surface area contributed by atoms with Crippen molar-refractivity contribution in [3.63, 3.8) is 0 Å². The Bertz CT molecular complexity index is 324. The maximum atomic E-state index is 5.46. The number of hydrogen-bond acceptors (Lipinski definition) is 1. The van der Waals surface area contributed by atoms with Gasteiger partial charge in [0.1, 0.15) is 5.69 Å². The minimum atomic E-state index is 0.0252. The Morgan fingerprint density at radius 3 is 2.23 bits per heavy atom. The lowest BCUT2D eigenvalue weighted by atomic mass is 10.3. The monoisotopic (exact) mass is 178 g/mol. The highest BCUT2D eigenvalue weighted by Crippen LogP contribution is 2.07. The van der Waals surface area contributed by atoms with Gasteiger partial charge in [0.25, 0.3) is 5.96 Å². The number of nitrogens with zero attached hydrogens (tertiary/aromatic N) is 1. The van der Waals surface area contributed by atoms with Gasteiger partial charge in [0.05, 0.1) is 0 Å². The molecule has 0 fully saturated rings. The van der Waals surface area contributed by atoms with Crippen LogP contribution in [0.15, 0.2) is 35.3 Å². The molecule has 5 nitrogen and oxygen atoms in total. The molecule has 0 aliphatic rings. The zero-order chi connectivity index (χ0) is 9.68. The van der Waals surface area contributed by atoms with Gasteiger partial charge in [-0.3, -0.25) is 0 Å². The fourth-order valence-electron chi connectivity index (χ4n) is 0.817. The summed E-state index contributed by atoms with van der Waals surface area (Å²) in [6.07, 6.45) is 0. The fraction of sp³-hybridized carbons (Fsp3) is 0. The molecule has 7 N–H and O–H groups in total. The third kappa shape index (κ3) is 3.24. The number of nitrogens with one attached hydrogen (secondary N) is 1. The van der Waals surface area contributed by atoms with E-state index in [1.807, 2.05) is 30.3 Å². The molecule has 0 atom stereocenters. The molecule has 1 aromatic carbocycles. The second-order valence-corrected chi connectivity index (χ2v) is 2.41. The molecule has 0 spiro atoms. The van der Waals surface area contributed by atoms with Gasteiger partial charge in [0, 0.05) is 0 Å². The molecule has 0 aliphatic heterocycles. The summed E-state index contributed by atoms with van der Waals surface area (Å²) in [4.78, 5) is 6.49. The van der Waals surface area contributed by atoms with Crippen molar-refractivity contribution in [3.8, 4) is 0 Å². The van der Waals surface area contributed by atoms with Crippen molar-refractivity contribution >= 4 is 17.6 Å². The van der Waals surface area contributed by atoms with Gasteiger partial charge in [0.2, 0.25) is 0 Å². The summed E-state index contributed by atoms with van der Waals surface area (Å²) >= 11 is 0. The van der Waals surface area contributed by atoms with Crippen molar-refractivity contribution in [1.82, 2.24) is 0 Å². The van der Waals surface area contributed by atoms with Crippen LogP contribution < -0.4 is 22.2 Å². The average Bonchev–Trinajstić information content (AvgIpc) is 2.04. The van der Waals surface area contributed by atoms with Crippen molar-refractivity contribution in [3.05, 3.63) is 30.3 Å². The molecular weight excluding hydrogens is 166 g/mol. The number of guanidine groups is 2. The topological polar surface area (TPSA) is 104 Å². The molecule has 68 valence electrons. The van der Waals surface area contributed by atoms with E-state index in [2.05, 4.69) is 9.98 Å². The number of rotatable bonds is 1. The van der Waals surface area contributed by atoms with E-state index in [9.17, 15) is 0 Å². The number of nitrogens with two attached hydrogens (primary N) is 3. The van der Waals surface area contributed by atoms with Crippen LogP contribution in [0.2, 0.25) is 0 Å². The summed E-state index contributed by atoms with van der Waals surface area (Å²) in [7, 11) is 0. The van der Waals surface area contributed by atoms with Crippen molar-refractivity contribution < 1.29 is 4.99 Å². The quantitative estimate of drug-likeness (QED) is 0.295. The van der Waals surface area contributed by atoms with E-state index in [4.69, 9.17) is 17.2 Å². The second kappa shape index (κ2) is 4.10. The molecule has 0 unspecified atom stereocenters. The Morgan fingerprint density at radius 2 is 1.69 bits per heavy atom. The maximum Gasteiger partial charge on any atom is 0.316 e. The minimum Gasteiger partial charge on any atom is -0.323 e. The van der Waals surface area contributed by atoms with Gasteiger partial charge in [-0.2, -0.15) is 0 Å². The van der Waals surface area contributed by atoms with Crippen LogP contribution in [0.4, 0.5) is 5.69 Å². The summed E-state index contributed by atoms with van der Waals surface area (Å²) in [5, 5.41) is 0. The van der Waals surface area contributed by atoms with Crippen molar-refractivity contribution in [1.29, 1.82) is 0 Å². The third-order valence-electron chi connectivity index (χ3n) is 1.28. The summed E-state index contributed by atoms with van der Waals surface area (Å²) in [5.41, 5.74) is 16.5. The van der Waals surface area contributed by atoms with Crippen molar-refractivity contribution in [2.75, 3.05) is 0 Å². The maximum absolute atomic E-state index is 5.46. The molecule has 5 heteroatoms. The van der Waals surface area contributed by atoms with Gasteiger partial charge in [-0.25, -0.2) is 4.99 Å². The van der Waals surface area contributed by atoms with Crippen molar-refractivity contribution in [2.24, 2.45) is 22.2 Å². The van der Waals surface area contributed by atoms with E-state index in [1.165, 1.54) is 0 Å². The molecule has 0 saturated carbocycles. The molecule has 1 rings (SSSR count). The van der Waals surface area contributed by atoms with Gasteiger partial charge in [0.15, 0.2) is 0 Å². The Morgan fingerprint density at radius 1 is 1.08 bits per heavy atom. The van der Waals surface area contributed by atoms with E-state index >= 15 is 0 Å². The van der Waals surface area contributed by atoms with E-state index in [-0.39, 0.29) is 11.9 Å². The van der Waals surface area contributed by atoms with Crippen LogP contribution in [0.5, 0.6) is 0 Å². The van der Waals surface area contributed by atoms with Crippen LogP contribution >= 0.6 is 0 Å². The number of aliphatic imine (C=N–C) groups is 1. The lowest BCUT2D eigenvalue weighted by Crippen LogP contribution is -2.84. The van der Waals surface area contributed by atoms with E-state index in [0.717, 1.165) is 5.69 Å². The predicted molar refractivity (Wildman–Crippen MR) is 52.1 cm³/mol. The van der Waals surface area contributed by atoms with Gasteiger partial charge in [-0.15, -0.1) is 4.99 Å². The van der Waals surface area contributed by atoms with Crippen molar-refractivity contribution in [2.45, 2.75) is 0 Å². The molecule has 0 aromatic heterocycles. The SMILES string of the molecule is NC(=Nc1ccccc1)[NH+]=C(N)N. The lowest BCUT2D eigenvalue weighted by molar-refractivity contribution is -0.320. The first kappa shape index (κ1) is 9.05. The number of para-hydroxylation sites is 1. The zero-order valence-corrected chi connectivity index (χ0v) is 7.07. The Balaban J connectivity index is 2.83. The van der Waals surface area contributed by atoms with Gasteiger partial charge in [-0.1, -0.05) is 18.2 Å². The van der Waals surface area contributed by atoms with Crippen LogP contribution in [0.25, 0.3) is 0 Å². The normalized spacial score (nSPS) is 10.9. The third-order valence-corrected chi connectivity index (χ3v) is 1.28.